The largest absolute Gasteiger partial charge is 0.430 e. The Hall–Kier alpha value is -4.49. The zero-order valence-electron chi connectivity index (χ0n) is 28.1. The van der Waals surface area contributed by atoms with E-state index in [4.69, 9.17) is 0 Å². The number of piperidine rings is 1. The number of imide groups is 1. The Kier molecular flexibility index (Phi) is 10.8. The van der Waals surface area contributed by atoms with E-state index in [1.165, 1.54) is 11.8 Å². The van der Waals surface area contributed by atoms with Crippen molar-refractivity contribution in [1.29, 1.82) is 0 Å². The van der Waals surface area contributed by atoms with Crippen LogP contribution in [0.25, 0.3) is 0 Å². The van der Waals surface area contributed by atoms with E-state index in [2.05, 4.69) is 4.74 Å². The van der Waals surface area contributed by atoms with Crippen LogP contribution in [0.3, 0.4) is 0 Å². The Morgan fingerprint density at radius 3 is 1.83 bits per heavy atom. The summed E-state index contributed by atoms with van der Waals surface area (Å²) in [5, 5.41) is 10.3. The van der Waals surface area contributed by atoms with E-state index in [9.17, 15) is 67.4 Å². The number of alkyl halides is 6. The molecule has 5 rings (SSSR count). The maximum Gasteiger partial charge on any atom is 0.430 e. The van der Waals surface area contributed by atoms with Gasteiger partial charge in [-0.15, -0.1) is 0 Å². The molecule has 3 aromatic rings. The van der Waals surface area contributed by atoms with Gasteiger partial charge in [-0.25, -0.2) is 21.6 Å². The highest BCUT2D eigenvalue weighted by Crippen LogP contribution is 2.54. The van der Waals surface area contributed by atoms with Crippen molar-refractivity contribution in [2.75, 3.05) is 26.2 Å². The molecule has 0 bridgehead atoms. The van der Waals surface area contributed by atoms with Crippen molar-refractivity contribution in [3.8, 4) is 0 Å². The van der Waals surface area contributed by atoms with Crippen molar-refractivity contribution < 1.29 is 72.2 Å². The van der Waals surface area contributed by atoms with E-state index in [0.717, 1.165) is 30.3 Å². The minimum Gasteiger partial charge on any atom is -0.395 e. The number of ether oxygens (including phenoxy) is 1. The highest BCUT2D eigenvalue weighted by Gasteiger charge is 2.73. The number of rotatable bonds is 9. The van der Waals surface area contributed by atoms with Gasteiger partial charge in [0.05, 0.1) is 23.5 Å². The molecule has 292 valence electrons. The van der Waals surface area contributed by atoms with Gasteiger partial charge in [-0.3, -0.25) is 19.3 Å². The molecule has 54 heavy (non-hydrogen) atoms. The number of likely N-dealkylation sites (tertiary alicyclic amines) is 2. The van der Waals surface area contributed by atoms with Crippen LogP contribution in [0.1, 0.15) is 42.9 Å². The first-order chi connectivity index (χ1) is 25.1. The minimum atomic E-state index is -6.34. The Morgan fingerprint density at radius 1 is 0.815 bits per heavy atom. The summed E-state index contributed by atoms with van der Waals surface area (Å²) in [7, 11) is -5.11. The highest BCUT2D eigenvalue weighted by molar-refractivity contribution is 7.93. The van der Waals surface area contributed by atoms with Crippen LogP contribution < -0.4 is 0 Å². The molecule has 2 fully saturated rings. The fourth-order valence-electron chi connectivity index (χ4n) is 6.91. The van der Waals surface area contributed by atoms with E-state index in [1.54, 1.807) is 0 Å². The standard InChI is InChI=1S/C35H31F9N2O7S/c1-21(48)45-16-13-31(20-47,14-17-45)29(49)46-18-15-32(30(46)50,54(51,52)25-11-9-24(36)10-12-25)22-5-7-23(8-6-22)33(34(39,40)41,35(42,43)44)53-19-26-27(37)3-2-4-28(26)38/h2-12,47H,13-20H2,1H3. The lowest BCUT2D eigenvalue weighted by Crippen LogP contribution is -2.56. The maximum absolute atomic E-state index is 14.6. The van der Waals surface area contributed by atoms with Gasteiger partial charge >= 0.3 is 12.4 Å². The molecule has 2 aliphatic rings. The SMILES string of the molecule is CC(=O)N1CCC(CO)(C(=O)N2CCC(c3ccc(C(OCc4c(F)cccc4F)(C(F)(F)F)C(F)(F)F)cc3)(S(=O)(=O)c3ccc(F)cc3)C2=O)CC1. The third-order valence-corrected chi connectivity index (χ3v) is 12.5. The molecule has 1 N–H and O–H groups in total. The molecule has 3 amide bonds. The molecule has 0 spiro atoms. The number of hydrogen-bond acceptors (Lipinski definition) is 7. The summed E-state index contributed by atoms with van der Waals surface area (Å²) in [5.74, 6) is -6.69. The van der Waals surface area contributed by atoms with Crippen LogP contribution in [0.2, 0.25) is 0 Å². The lowest BCUT2D eigenvalue weighted by atomic mass is 9.77. The molecule has 3 aromatic carbocycles. The van der Waals surface area contributed by atoms with E-state index in [-0.39, 0.29) is 44.0 Å². The predicted octanol–water partition coefficient (Wildman–Crippen LogP) is 5.69. The van der Waals surface area contributed by atoms with Gasteiger partial charge in [-0.05, 0) is 61.2 Å². The van der Waals surface area contributed by atoms with Gasteiger partial charge in [0.15, 0.2) is 14.6 Å². The van der Waals surface area contributed by atoms with Gasteiger partial charge < -0.3 is 14.7 Å². The number of halogens is 9. The number of benzene rings is 3. The first kappa shape index (κ1) is 40.7. The fraction of sp³-hybridized carbons (Fsp3) is 0.400. The second-order valence-electron chi connectivity index (χ2n) is 13.0. The van der Waals surface area contributed by atoms with Gasteiger partial charge in [0, 0.05) is 37.7 Å². The summed E-state index contributed by atoms with van der Waals surface area (Å²) < 4.78 is 160. The third-order valence-electron chi connectivity index (χ3n) is 10.1. The van der Waals surface area contributed by atoms with Crippen LogP contribution >= 0.6 is 0 Å². The molecule has 1 unspecified atom stereocenters. The van der Waals surface area contributed by atoms with E-state index in [1.807, 2.05) is 0 Å². The van der Waals surface area contributed by atoms with Crippen LogP contribution in [-0.2, 0) is 45.9 Å². The molecular weight excluding hydrogens is 763 g/mol. The van der Waals surface area contributed by atoms with Crippen LogP contribution in [0.4, 0.5) is 39.5 Å². The van der Waals surface area contributed by atoms with Gasteiger partial charge in [0.2, 0.25) is 11.8 Å². The molecule has 1 atom stereocenters. The normalized spacial score (nSPS) is 19.6. The number of nitrogens with zero attached hydrogens (tertiary/aromatic N) is 2. The maximum atomic E-state index is 14.6. The molecule has 0 aromatic heterocycles. The Bertz CT molecular complexity index is 2000. The van der Waals surface area contributed by atoms with Crippen LogP contribution in [-0.4, -0.2) is 79.6 Å². The molecule has 2 saturated heterocycles. The number of sulfone groups is 1. The van der Waals surface area contributed by atoms with Gasteiger partial charge in [-0.2, -0.15) is 26.3 Å². The van der Waals surface area contributed by atoms with Crippen molar-refractivity contribution in [3.63, 3.8) is 0 Å². The topological polar surface area (TPSA) is 121 Å². The fourth-order valence-corrected chi connectivity index (χ4v) is 8.96. The summed E-state index contributed by atoms with van der Waals surface area (Å²) in [5.41, 5.74) is -10.5. The molecule has 0 radical (unpaired) electrons. The van der Waals surface area contributed by atoms with Crippen molar-refractivity contribution in [2.45, 2.75) is 60.4 Å². The second-order valence-corrected chi connectivity index (χ2v) is 15.2. The zero-order valence-corrected chi connectivity index (χ0v) is 28.9. The number of aliphatic hydroxyl groups is 1. The van der Waals surface area contributed by atoms with E-state index in [0.29, 0.717) is 29.2 Å². The quantitative estimate of drug-likeness (QED) is 0.168. The van der Waals surface area contributed by atoms with Gasteiger partial charge in [0.25, 0.3) is 11.5 Å². The summed E-state index contributed by atoms with van der Waals surface area (Å²) in [4.78, 5) is 41.5. The average Bonchev–Trinajstić information content (AvgIpc) is 3.46. The zero-order chi connectivity index (χ0) is 40.1. The molecular formula is C35H31F9N2O7S. The summed E-state index contributed by atoms with van der Waals surface area (Å²) in [6, 6.07) is 6.39. The lowest BCUT2D eigenvalue weighted by Gasteiger charge is -2.41. The number of amides is 3. The van der Waals surface area contributed by atoms with Crippen molar-refractivity contribution >= 4 is 27.6 Å². The van der Waals surface area contributed by atoms with Crippen molar-refractivity contribution in [3.05, 3.63) is 101 Å². The van der Waals surface area contributed by atoms with Crippen LogP contribution in [0.5, 0.6) is 0 Å². The third kappa shape index (κ3) is 6.52. The first-order valence-corrected chi connectivity index (χ1v) is 17.6. The Morgan fingerprint density at radius 2 is 1.35 bits per heavy atom. The molecule has 0 aliphatic carbocycles. The summed E-state index contributed by atoms with van der Waals surface area (Å²) >= 11 is 0. The number of carbonyl (C=O) groups is 3. The van der Waals surface area contributed by atoms with Gasteiger partial charge in [0.1, 0.15) is 17.5 Å². The van der Waals surface area contributed by atoms with Crippen LogP contribution in [0, 0.1) is 22.9 Å². The number of aliphatic hydroxyl groups excluding tert-OH is 1. The van der Waals surface area contributed by atoms with Crippen molar-refractivity contribution in [1.82, 2.24) is 9.80 Å². The van der Waals surface area contributed by atoms with Crippen molar-refractivity contribution in [2.24, 2.45) is 5.41 Å². The smallest absolute Gasteiger partial charge is 0.395 e. The van der Waals surface area contributed by atoms with E-state index < -0.39 is 115 Å². The minimum absolute atomic E-state index is 0.00403. The monoisotopic (exact) mass is 794 g/mol. The Balaban J connectivity index is 1.63. The molecule has 2 aliphatic heterocycles. The van der Waals surface area contributed by atoms with E-state index >= 15 is 0 Å². The highest BCUT2D eigenvalue weighted by atomic mass is 32.2. The second kappa shape index (κ2) is 14.3. The summed E-state index contributed by atoms with van der Waals surface area (Å²) in [6.07, 6.45) is -13.7. The van der Waals surface area contributed by atoms with Gasteiger partial charge in [-0.1, -0.05) is 30.3 Å². The molecule has 0 saturated carbocycles. The van der Waals surface area contributed by atoms with Crippen LogP contribution in [0.15, 0.2) is 71.6 Å². The lowest BCUT2D eigenvalue weighted by molar-refractivity contribution is -0.392. The summed E-state index contributed by atoms with van der Waals surface area (Å²) in [6.45, 7) is -2.04. The molecule has 9 nitrogen and oxygen atoms in total. The predicted molar refractivity (Wildman–Crippen MR) is 169 cm³/mol. The first-order valence-electron chi connectivity index (χ1n) is 16.1. The molecule has 19 heteroatoms. The average molecular weight is 795 g/mol. The Labute approximate surface area is 302 Å². The number of carbonyl (C=O) groups excluding carboxylic acids is 3. The molecule has 2 heterocycles. The number of hydrogen-bond donors (Lipinski definition) is 1.